The van der Waals surface area contributed by atoms with Crippen LogP contribution in [0.3, 0.4) is 0 Å². The molecular weight excluding hydrogens is 385 g/mol. The second-order valence-corrected chi connectivity index (χ2v) is 7.64. The number of guanidine groups is 1. The maximum Gasteiger partial charge on any atom is 0.193 e. The largest absolute Gasteiger partial charge is 0.493 e. The highest BCUT2D eigenvalue weighted by Gasteiger charge is 2.22. The van der Waals surface area contributed by atoms with Gasteiger partial charge in [0.05, 0.1) is 12.8 Å². The van der Waals surface area contributed by atoms with E-state index in [-0.39, 0.29) is 0 Å². The summed E-state index contributed by atoms with van der Waals surface area (Å²) in [6.07, 6.45) is 5.99. The number of hydrogen-bond donors (Lipinski definition) is 1. The average molecular weight is 410 g/mol. The van der Waals surface area contributed by atoms with Crippen molar-refractivity contribution in [2.75, 3.05) is 26.7 Å². The van der Waals surface area contributed by atoms with Crippen molar-refractivity contribution in [1.82, 2.24) is 20.0 Å². The van der Waals surface area contributed by atoms with E-state index in [1.807, 2.05) is 26.5 Å². The monoisotopic (exact) mass is 409 g/mol. The summed E-state index contributed by atoms with van der Waals surface area (Å²) < 4.78 is 7.70. The number of nitrogens with zero attached hydrogens (tertiary/aromatic N) is 4. The molecule has 0 atom stereocenters. The van der Waals surface area contributed by atoms with Gasteiger partial charge in [0.1, 0.15) is 5.75 Å². The number of nitrogens with one attached hydrogen (secondary N) is 1. The average Bonchev–Trinajstić information content (AvgIpc) is 3.06. The molecule has 1 aromatic carbocycles. The fourth-order valence-corrected chi connectivity index (χ4v) is 3.72. The second kappa shape index (κ2) is 9.33. The molecule has 3 rings (SSSR count). The molecule has 2 heterocycles. The van der Waals surface area contributed by atoms with Gasteiger partial charge in [-0.25, -0.2) is 0 Å². The minimum absolute atomic E-state index is 0.510. The highest BCUT2D eigenvalue weighted by Crippen LogP contribution is 2.26. The minimum atomic E-state index is 0.510. The van der Waals surface area contributed by atoms with E-state index in [9.17, 15) is 0 Å². The number of aryl methyl sites for hydroxylation is 1. The Kier molecular flexibility index (Phi) is 6.85. The van der Waals surface area contributed by atoms with Crippen molar-refractivity contribution in [2.45, 2.75) is 19.4 Å². The number of likely N-dealkylation sites (tertiary alicyclic amines) is 1. The molecule has 1 N–H and O–H groups in total. The number of rotatable bonds is 5. The molecule has 146 valence electrons. The van der Waals surface area contributed by atoms with Crippen LogP contribution in [0.5, 0.6) is 5.75 Å². The zero-order valence-electron chi connectivity index (χ0n) is 15.7. The Morgan fingerprint density at radius 2 is 1.96 bits per heavy atom. The number of benzene rings is 1. The number of hydrogen-bond acceptors (Lipinski definition) is 3. The summed E-state index contributed by atoms with van der Waals surface area (Å²) in [6, 6.07) is 5.30. The van der Waals surface area contributed by atoms with Crippen LogP contribution >= 0.6 is 23.2 Å². The second-order valence-electron chi connectivity index (χ2n) is 6.77. The van der Waals surface area contributed by atoms with Gasteiger partial charge in [-0.15, -0.1) is 0 Å². The SMILES string of the molecule is CN=C(NCc1cnn(C)c1)N1CCC(COc2cc(Cl)cc(Cl)c2)CC1. The quantitative estimate of drug-likeness (QED) is 0.605. The molecule has 1 saturated heterocycles. The van der Waals surface area contributed by atoms with Crippen molar-refractivity contribution in [2.24, 2.45) is 18.0 Å². The Hall–Kier alpha value is -1.92. The zero-order valence-corrected chi connectivity index (χ0v) is 17.2. The van der Waals surface area contributed by atoms with E-state index in [4.69, 9.17) is 27.9 Å². The molecule has 1 fully saturated rings. The fourth-order valence-electron chi connectivity index (χ4n) is 3.21. The zero-order chi connectivity index (χ0) is 19.2. The van der Waals surface area contributed by atoms with Crippen molar-refractivity contribution in [3.63, 3.8) is 0 Å². The summed E-state index contributed by atoms with van der Waals surface area (Å²) in [5.74, 6) is 2.17. The lowest BCUT2D eigenvalue weighted by Crippen LogP contribution is -2.46. The molecule has 8 heteroatoms. The van der Waals surface area contributed by atoms with Gasteiger partial charge < -0.3 is 15.0 Å². The molecule has 0 amide bonds. The van der Waals surface area contributed by atoms with Gasteiger partial charge in [-0.1, -0.05) is 23.2 Å². The molecule has 0 aliphatic carbocycles. The van der Waals surface area contributed by atoms with Gasteiger partial charge >= 0.3 is 0 Å². The lowest BCUT2D eigenvalue weighted by molar-refractivity contribution is 0.179. The van der Waals surface area contributed by atoms with Crippen LogP contribution in [0.1, 0.15) is 18.4 Å². The fraction of sp³-hybridized carbons (Fsp3) is 0.474. The van der Waals surface area contributed by atoms with Crippen LogP contribution in [0.15, 0.2) is 35.6 Å². The van der Waals surface area contributed by atoms with E-state index in [1.165, 1.54) is 0 Å². The van der Waals surface area contributed by atoms with Gasteiger partial charge in [-0.05, 0) is 37.0 Å². The summed E-state index contributed by atoms with van der Waals surface area (Å²) in [6.45, 7) is 3.30. The Morgan fingerprint density at radius 3 is 2.56 bits per heavy atom. The van der Waals surface area contributed by atoms with E-state index in [1.54, 1.807) is 22.9 Å². The van der Waals surface area contributed by atoms with Crippen LogP contribution in [0.2, 0.25) is 10.0 Å². The molecule has 0 radical (unpaired) electrons. The number of aliphatic imine (C=N–C) groups is 1. The summed E-state index contributed by atoms with van der Waals surface area (Å²) in [5, 5.41) is 8.79. The first-order valence-electron chi connectivity index (χ1n) is 9.05. The first-order chi connectivity index (χ1) is 13.0. The van der Waals surface area contributed by atoms with Crippen LogP contribution in [-0.2, 0) is 13.6 Å². The van der Waals surface area contributed by atoms with Crippen molar-refractivity contribution in [1.29, 1.82) is 0 Å². The van der Waals surface area contributed by atoms with Crippen LogP contribution < -0.4 is 10.1 Å². The van der Waals surface area contributed by atoms with Gasteiger partial charge in [-0.3, -0.25) is 9.67 Å². The summed E-state index contributed by atoms with van der Waals surface area (Å²) in [7, 11) is 3.74. The highest BCUT2D eigenvalue weighted by molar-refractivity contribution is 6.34. The van der Waals surface area contributed by atoms with Crippen LogP contribution in [0.25, 0.3) is 0 Å². The predicted molar refractivity (Wildman–Crippen MR) is 110 cm³/mol. The van der Waals surface area contributed by atoms with Crippen molar-refractivity contribution in [3.05, 3.63) is 46.2 Å². The topological polar surface area (TPSA) is 54.7 Å². The van der Waals surface area contributed by atoms with E-state index < -0.39 is 0 Å². The third-order valence-corrected chi connectivity index (χ3v) is 5.09. The van der Waals surface area contributed by atoms with Crippen molar-refractivity contribution < 1.29 is 4.74 Å². The Bertz CT molecular complexity index is 764. The minimum Gasteiger partial charge on any atom is -0.493 e. The molecule has 0 spiro atoms. The Labute approximate surface area is 170 Å². The molecular formula is C19H25Cl2N5O. The van der Waals surface area contributed by atoms with E-state index in [2.05, 4.69) is 20.3 Å². The standard InChI is InChI=1S/C19H25Cl2N5O/c1-22-19(23-10-15-11-24-25(2)12-15)26-5-3-14(4-6-26)13-27-18-8-16(20)7-17(21)9-18/h7-9,11-12,14H,3-6,10,13H2,1-2H3,(H,22,23). The summed E-state index contributed by atoms with van der Waals surface area (Å²) >= 11 is 12.0. The van der Waals surface area contributed by atoms with Crippen molar-refractivity contribution >= 4 is 29.2 Å². The molecule has 0 bridgehead atoms. The third-order valence-electron chi connectivity index (χ3n) is 4.66. The van der Waals surface area contributed by atoms with Gasteiger partial charge in [-0.2, -0.15) is 5.10 Å². The highest BCUT2D eigenvalue weighted by atomic mass is 35.5. The normalized spacial score (nSPS) is 15.9. The van der Waals surface area contributed by atoms with Crippen LogP contribution in [0, 0.1) is 5.92 Å². The smallest absolute Gasteiger partial charge is 0.193 e. The summed E-state index contributed by atoms with van der Waals surface area (Å²) in [4.78, 5) is 6.71. The molecule has 1 aliphatic heterocycles. The maximum absolute atomic E-state index is 6.02. The predicted octanol–water partition coefficient (Wildman–Crippen LogP) is 3.59. The molecule has 1 aromatic heterocycles. The molecule has 1 aliphatic rings. The first kappa shape index (κ1) is 19.8. The van der Waals surface area contributed by atoms with Gasteiger partial charge in [0, 0.05) is 55.5 Å². The molecule has 6 nitrogen and oxygen atoms in total. The number of piperidine rings is 1. The Morgan fingerprint density at radius 1 is 1.26 bits per heavy atom. The maximum atomic E-state index is 6.02. The third kappa shape index (κ3) is 5.78. The molecule has 2 aromatic rings. The summed E-state index contributed by atoms with van der Waals surface area (Å²) in [5.41, 5.74) is 1.14. The number of halogens is 2. The number of aromatic nitrogens is 2. The molecule has 27 heavy (non-hydrogen) atoms. The molecule has 0 unspecified atom stereocenters. The van der Waals surface area contributed by atoms with Crippen molar-refractivity contribution in [3.8, 4) is 5.75 Å². The Balaban J connectivity index is 1.44. The van der Waals surface area contributed by atoms with Gasteiger partial charge in [0.15, 0.2) is 5.96 Å². The van der Waals surface area contributed by atoms with Gasteiger partial charge in [0.25, 0.3) is 0 Å². The lowest BCUT2D eigenvalue weighted by atomic mass is 9.98. The van der Waals surface area contributed by atoms with E-state index in [0.717, 1.165) is 49.7 Å². The molecule has 0 saturated carbocycles. The van der Waals surface area contributed by atoms with E-state index in [0.29, 0.717) is 22.6 Å². The first-order valence-corrected chi connectivity index (χ1v) is 9.81. The lowest BCUT2D eigenvalue weighted by Gasteiger charge is -2.34. The van der Waals surface area contributed by atoms with Crippen LogP contribution in [-0.4, -0.2) is 47.4 Å². The van der Waals surface area contributed by atoms with E-state index >= 15 is 0 Å². The van der Waals surface area contributed by atoms with Crippen LogP contribution in [0.4, 0.5) is 0 Å². The van der Waals surface area contributed by atoms with Gasteiger partial charge in [0.2, 0.25) is 0 Å². The number of ether oxygens (including phenoxy) is 1.